The monoisotopic (exact) mass is 506 g/mol. The highest BCUT2D eigenvalue weighted by Crippen LogP contribution is 2.45. The molecule has 0 aliphatic heterocycles. The van der Waals surface area contributed by atoms with Crippen molar-refractivity contribution >= 4 is 27.5 Å². The number of pyridine rings is 1. The Kier molecular flexibility index (Phi) is 5.05. The fourth-order valence-corrected chi connectivity index (χ4v) is 4.82. The van der Waals surface area contributed by atoms with Gasteiger partial charge in [0.1, 0.15) is 5.65 Å². The number of aromatic nitrogens is 2. The minimum absolute atomic E-state index is 0.490. The summed E-state index contributed by atoms with van der Waals surface area (Å²) in [6.45, 7) is 0. The van der Waals surface area contributed by atoms with Crippen molar-refractivity contribution in [1.82, 2.24) is 9.38 Å². The van der Waals surface area contributed by atoms with Crippen LogP contribution in [0.4, 0.5) is 26.3 Å². The Morgan fingerprint density at radius 2 is 1.05 bits per heavy atom. The summed E-state index contributed by atoms with van der Waals surface area (Å²) in [6.07, 6.45) is -7.19. The van der Waals surface area contributed by atoms with Crippen LogP contribution >= 0.6 is 0 Å². The number of rotatable bonds is 2. The van der Waals surface area contributed by atoms with E-state index in [2.05, 4.69) is 0 Å². The van der Waals surface area contributed by atoms with Crippen LogP contribution in [-0.2, 0) is 12.4 Å². The maximum absolute atomic E-state index is 13.3. The molecule has 184 valence electrons. The van der Waals surface area contributed by atoms with Crippen LogP contribution in [0.1, 0.15) is 11.1 Å². The van der Waals surface area contributed by atoms with E-state index in [9.17, 15) is 26.3 Å². The van der Waals surface area contributed by atoms with Crippen LogP contribution in [0.5, 0.6) is 0 Å². The number of nitrogens with zero attached hydrogens (tertiary/aromatic N) is 2. The number of alkyl halides is 6. The van der Waals surface area contributed by atoms with Crippen molar-refractivity contribution in [3.63, 3.8) is 0 Å². The van der Waals surface area contributed by atoms with Crippen LogP contribution in [0.25, 0.3) is 49.7 Å². The molecule has 0 aliphatic rings. The predicted molar refractivity (Wildman–Crippen MR) is 131 cm³/mol. The van der Waals surface area contributed by atoms with Gasteiger partial charge in [-0.3, -0.25) is 4.40 Å². The molecule has 6 rings (SSSR count). The van der Waals surface area contributed by atoms with E-state index in [1.807, 2.05) is 53.1 Å². The SMILES string of the molecule is FC(F)(F)c1ccc(-c2c(-c3ccc(C(F)(F)F)cc3)c3c(nc4ccccn43)c3ccccc23)cc1. The van der Waals surface area contributed by atoms with Gasteiger partial charge >= 0.3 is 12.4 Å². The molecule has 2 aromatic heterocycles. The molecule has 2 nitrogen and oxygen atoms in total. The van der Waals surface area contributed by atoms with Gasteiger partial charge in [-0.25, -0.2) is 4.98 Å². The number of hydrogen-bond acceptors (Lipinski definition) is 1. The average molecular weight is 506 g/mol. The van der Waals surface area contributed by atoms with Crippen LogP contribution in [0.15, 0.2) is 97.2 Å². The topological polar surface area (TPSA) is 17.3 Å². The van der Waals surface area contributed by atoms with Gasteiger partial charge in [-0.05, 0) is 58.5 Å². The summed E-state index contributed by atoms with van der Waals surface area (Å²) < 4.78 is 81.7. The van der Waals surface area contributed by atoms with Crippen LogP contribution in [-0.4, -0.2) is 9.38 Å². The highest BCUT2D eigenvalue weighted by Gasteiger charge is 2.32. The lowest BCUT2D eigenvalue weighted by molar-refractivity contribution is -0.138. The Balaban J connectivity index is 1.76. The lowest BCUT2D eigenvalue weighted by Crippen LogP contribution is -2.04. The normalized spacial score (nSPS) is 12.6. The summed E-state index contributed by atoms with van der Waals surface area (Å²) >= 11 is 0. The Bertz CT molecular complexity index is 1780. The van der Waals surface area contributed by atoms with Gasteiger partial charge in [0.2, 0.25) is 0 Å². The van der Waals surface area contributed by atoms with Crippen molar-refractivity contribution in [2.75, 3.05) is 0 Å². The Morgan fingerprint density at radius 1 is 0.541 bits per heavy atom. The average Bonchev–Trinajstić information content (AvgIpc) is 3.27. The van der Waals surface area contributed by atoms with Gasteiger partial charge in [-0.1, -0.05) is 54.6 Å². The minimum Gasteiger partial charge on any atom is -0.299 e. The molecule has 0 aliphatic carbocycles. The molecule has 0 spiro atoms. The van der Waals surface area contributed by atoms with Gasteiger partial charge in [-0.15, -0.1) is 0 Å². The summed E-state index contributed by atoms with van der Waals surface area (Å²) in [4.78, 5) is 4.80. The number of halogens is 6. The third-order valence-corrected chi connectivity index (χ3v) is 6.47. The Labute approximate surface area is 206 Å². The summed E-state index contributed by atoms with van der Waals surface area (Å²) in [5.74, 6) is 0. The van der Waals surface area contributed by atoms with E-state index >= 15 is 0 Å². The zero-order valence-electron chi connectivity index (χ0n) is 18.9. The van der Waals surface area contributed by atoms with Crippen molar-refractivity contribution < 1.29 is 26.3 Å². The minimum atomic E-state index is -4.50. The number of benzene rings is 4. The number of imidazole rings is 1. The highest BCUT2D eigenvalue weighted by atomic mass is 19.4. The molecular formula is C29H16F6N2. The summed E-state index contributed by atoms with van der Waals surface area (Å²) in [7, 11) is 0. The molecule has 2 heterocycles. The van der Waals surface area contributed by atoms with E-state index in [1.54, 1.807) is 0 Å². The molecular weight excluding hydrogens is 490 g/mol. The largest absolute Gasteiger partial charge is 0.416 e. The smallest absolute Gasteiger partial charge is 0.299 e. The van der Waals surface area contributed by atoms with E-state index in [-0.39, 0.29) is 0 Å². The van der Waals surface area contributed by atoms with Crippen LogP contribution in [0.2, 0.25) is 0 Å². The van der Waals surface area contributed by atoms with E-state index in [1.165, 1.54) is 24.3 Å². The second-order valence-corrected chi connectivity index (χ2v) is 8.68. The van der Waals surface area contributed by atoms with Crippen LogP contribution in [0, 0.1) is 0 Å². The van der Waals surface area contributed by atoms with Gasteiger partial charge in [0.25, 0.3) is 0 Å². The third-order valence-electron chi connectivity index (χ3n) is 6.47. The maximum Gasteiger partial charge on any atom is 0.416 e. The molecule has 6 aromatic rings. The zero-order valence-corrected chi connectivity index (χ0v) is 18.9. The van der Waals surface area contributed by atoms with E-state index < -0.39 is 23.5 Å². The first kappa shape index (κ1) is 23.1. The molecule has 0 amide bonds. The summed E-state index contributed by atoms with van der Waals surface area (Å²) in [5.41, 5.74) is 2.56. The first-order valence-corrected chi connectivity index (χ1v) is 11.3. The fraction of sp³-hybridized carbons (Fsp3) is 0.0690. The fourth-order valence-electron chi connectivity index (χ4n) is 4.82. The van der Waals surface area contributed by atoms with Crippen molar-refractivity contribution in [2.24, 2.45) is 0 Å². The van der Waals surface area contributed by atoms with Crippen molar-refractivity contribution in [2.45, 2.75) is 12.4 Å². The Hall–Kier alpha value is -4.33. The highest BCUT2D eigenvalue weighted by molar-refractivity contribution is 6.20. The van der Waals surface area contributed by atoms with Crippen molar-refractivity contribution in [3.05, 3.63) is 108 Å². The molecule has 0 unspecified atom stereocenters. The molecule has 0 N–H and O–H groups in total. The molecule has 37 heavy (non-hydrogen) atoms. The maximum atomic E-state index is 13.3. The summed E-state index contributed by atoms with van der Waals surface area (Å²) in [6, 6.07) is 22.5. The molecule has 0 saturated carbocycles. The predicted octanol–water partition coefficient (Wildman–Crippen LogP) is 9.01. The third kappa shape index (κ3) is 3.80. The molecule has 0 bridgehead atoms. The van der Waals surface area contributed by atoms with Crippen LogP contribution in [0.3, 0.4) is 0 Å². The second kappa shape index (κ2) is 8.09. The number of hydrogen-bond donors (Lipinski definition) is 0. The molecule has 8 heteroatoms. The molecule has 4 aromatic carbocycles. The molecule has 0 fully saturated rings. The van der Waals surface area contributed by atoms with E-state index in [4.69, 9.17) is 4.98 Å². The van der Waals surface area contributed by atoms with Gasteiger partial charge < -0.3 is 0 Å². The molecule has 0 atom stereocenters. The van der Waals surface area contributed by atoms with E-state index in [0.29, 0.717) is 38.9 Å². The van der Waals surface area contributed by atoms with Gasteiger partial charge in [0.15, 0.2) is 0 Å². The molecule has 0 radical (unpaired) electrons. The lowest BCUT2D eigenvalue weighted by atomic mass is 9.87. The van der Waals surface area contributed by atoms with Crippen LogP contribution < -0.4 is 0 Å². The quantitative estimate of drug-likeness (QED) is 0.214. The standard InChI is InChI=1S/C29H16F6N2/c30-28(31,32)19-12-8-17(9-13-19)24-21-5-1-2-6-22(21)26-27(37-16-4-3-7-23(37)36-26)25(24)18-10-14-20(15-11-18)29(33,34)35/h1-16H. The van der Waals surface area contributed by atoms with Gasteiger partial charge in [0, 0.05) is 17.1 Å². The first-order valence-electron chi connectivity index (χ1n) is 11.3. The second-order valence-electron chi connectivity index (χ2n) is 8.68. The zero-order chi connectivity index (χ0) is 25.9. The van der Waals surface area contributed by atoms with Crippen molar-refractivity contribution in [3.8, 4) is 22.3 Å². The molecule has 0 saturated heterocycles. The Morgan fingerprint density at radius 3 is 1.62 bits per heavy atom. The van der Waals surface area contributed by atoms with Gasteiger partial charge in [-0.2, -0.15) is 26.3 Å². The summed E-state index contributed by atoms with van der Waals surface area (Å²) in [5, 5.41) is 1.51. The van der Waals surface area contributed by atoms with Gasteiger partial charge in [0.05, 0.1) is 22.2 Å². The first-order chi connectivity index (χ1) is 17.6. The van der Waals surface area contributed by atoms with E-state index in [0.717, 1.165) is 35.0 Å². The number of fused-ring (bicyclic) bond motifs is 5. The lowest BCUT2D eigenvalue weighted by Gasteiger charge is -2.18. The van der Waals surface area contributed by atoms with Crippen molar-refractivity contribution in [1.29, 1.82) is 0 Å².